The highest BCUT2D eigenvalue weighted by Crippen LogP contribution is 2.28. The van der Waals surface area contributed by atoms with Crippen molar-refractivity contribution in [1.29, 1.82) is 0 Å². The summed E-state index contributed by atoms with van der Waals surface area (Å²) in [5.74, 6) is 2.06. The van der Waals surface area contributed by atoms with Crippen molar-refractivity contribution in [3.05, 3.63) is 39.5 Å². The predicted octanol–water partition coefficient (Wildman–Crippen LogP) is 1.73. The molecule has 0 aliphatic carbocycles. The number of fused-ring (bicyclic) bond motifs is 1. The van der Waals surface area contributed by atoms with Gasteiger partial charge >= 0.3 is 0 Å². The molecule has 2 aromatic rings. The summed E-state index contributed by atoms with van der Waals surface area (Å²) < 4.78 is 0. The van der Waals surface area contributed by atoms with Crippen LogP contribution in [0.1, 0.15) is 22.0 Å². The molecule has 138 valence electrons. The third-order valence-electron chi connectivity index (χ3n) is 5.21. The Balaban J connectivity index is 1.56. The Kier molecular flexibility index (Phi) is 4.91. The fourth-order valence-corrected chi connectivity index (χ4v) is 4.38. The number of aromatic nitrogens is 2. The molecule has 26 heavy (non-hydrogen) atoms. The summed E-state index contributed by atoms with van der Waals surface area (Å²) >= 11 is 1.64. The molecule has 0 unspecified atom stereocenters. The summed E-state index contributed by atoms with van der Waals surface area (Å²) in [5, 5.41) is 2.02. The number of thiophene rings is 1. The second kappa shape index (κ2) is 7.32. The molecule has 0 atom stereocenters. The fourth-order valence-electron chi connectivity index (χ4n) is 3.68. The number of hydrogen-bond acceptors (Lipinski definition) is 6. The van der Waals surface area contributed by atoms with Crippen LogP contribution in [0.4, 0.5) is 5.82 Å². The van der Waals surface area contributed by atoms with Crippen LogP contribution in [0.25, 0.3) is 0 Å². The zero-order chi connectivity index (χ0) is 18.1. The summed E-state index contributed by atoms with van der Waals surface area (Å²) in [6, 6.07) is 4.03. The number of anilines is 1. The monoisotopic (exact) mass is 371 g/mol. The van der Waals surface area contributed by atoms with Crippen molar-refractivity contribution in [2.24, 2.45) is 0 Å². The second-order valence-corrected chi connectivity index (χ2v) is 8.16. The van der Waals surface area contributed by atoms with E-state index in [1.54, 1.807) is 11.3 Å². The van der Waals surface area contributed by atoms with E-state index in [9.17, 15) is 4.79 Å². The van der Waals surface area contributed by atoms with Gasteiger partial charge in [0.15, 0.2) is 0 Å². The maximum atomic E-state index is 12.7. The molecule has 1 fully saturated rings. The molecule has 0 bridgehead atoms. The van der Waals surface area contributed by atoms with E-state index >= 15 is 0 Å². The van der Waals surface area contributed by atoms with E-state index in [0.717, 1.165) is 66.9 Å². The average Bonchev–Trinajstić information content (AvgIpc) is 3.14. The Morgan fingerprint density at radius 1 is 1.19 bits per heavy atom. The first-order valence-corrected chi connectivity index (χ1v) is 10.1. The van der Waals surface area contributed by atoms with Crippen LogP contribution in [0.5, 0.6) is 0 Å². The van der Waals surface area contributed by atoms with Gasteiger partial charge in [0, 0.05) is 49.6 Å². The summed E-state index contributed by atoms with van der Waals surface area (Å²) in [6.07, 6.45) is 1.30. The molecule has 2 aliphatic heterocycles. The Bertz CT molecular complexity index is 783. The first-order chi connectivity index (χ1) is 12.6. The number of rotatable bonds is 3. The van der Waals surface area contributed by atoms with E-state index in [2.05, 4.69) is 21.8 Å². The van der Waals surface area contributed by atoms with E-state index in [1.807, 2.05) is 29.3 Å². The lowest BCUT2D eigenvalue weighted by Crippen LogP contribution is -2.46. The zero-order valence-electron chi connectivity index (χ0n) is 15.4. The van der Waals surface area contributed by atoms with Crippen LogP contribution < -0.4 is 4.90 Å². The second-order valence-electron chi connectivity index (χ2n) is 7.13. The summed E-state index contributed by atoms with van der Waals surface area (Å²) in [6.45, 7) is 7.37. The van der Waals surface area contributed by atoms with Crippen molar-refractivity contribution >= 4 is 23.1 Å². The SMILES string of the molecule is Cc1nc2c(c(N3CCN(C)CC3)n1)CN(C(=O)Cc1cccs1)CC2. The molecule has 0 N–H and O–H groups in total. The molecule has 0 aromatic carbocycles. The highest BCUT2D eigenvalue weighted by Gasteiger charge is 2.28. The van der Waals surface area contributed by atoms with Crippen LogP contribution in [0.2, 0.25) is 0 Å². The topological polar surface area (TPSA) is 52.6 Å². The van der Waals surface area contributed by atoms with E-state index in [-0.39, 0.29) is 5.91 Å². The van der Waals surface area contributed by atoms with Crippen molar-refractivity contribution in [2.75, 3.05) is 44.7 Å². The molecule has 2 aliphatic rings. The van der Waals surface area contributed by atoms with Gasteiger partial charge in [0.05, 0.1) is 18.7 Å². The third kappa shape index (κ3) is 3.59. The number of hydrogen-bond donors (Lipinski definition) is 0. The van der Waals surface area contributed by atoms with E-state index in [1.165, 1.54) is 0 Å². The number of amides is 1. The molecule has 0 saturated carbocycles. The first-order valence-electron chi connectivity index (χ1n) is 9.20. The molecule has 4 rings (SSSR count). The largest absolute Gasteiger partial charge is 0.354 e. The normalized spacial score (nSPS) is 18.1. The predicted molar refractivity (Wildman–Crippen MR) is 104 cm³/mol. The Labute approximate surface area is 158 Å². The molecule has 0 spiro atoms. The molecular weight excluding hydrogens is 346 g/mol. The number of piperazine rings is 1. The Hall–Kier alpha value is -1.99. The van der Waals surface area contributed by atoms with E-state index in [0.29, 0.717) is 13.0 Å². The molecule has 1 saturated heterocycles. The summed E-state index contributed by atoms with van der Waals surface area (Å²) in [4.78, 5) is 30.0. The average molecular weight is 372 g/mol. The lowest BCUT2D eigenvalue weighted by molar-refractivity contribution is -0.131. The summed E-state index contributed by atoms with van der Waals surface area (Å²) in [5.41, 5.74) is 2.26. The highest BCUT2D eigenvalue weighted by molar-refractivity contribution is 7.10. The van der Waals surface area contributed by atoms with Crippen LogP contribution in [0.3, 0.4) is 0 Å². The molecule has 7 heteroatoms. The van der Waals surface area contributed by atoms with Crippen molar-refractivity contribution in [3.63, 3.8) is 0 Å². The van der Waals surface area contributed by atoms with Crippen molar-refractivity contribution in [2.45, 2.75) is 26.3 Å². The minimum atomic E-state index is 0.197. The number of nitrogens with zero attached hydrogens (tertiary/aromatic N) is 5. The molecule has 4 heterocycles. The Morgan fingerprint density at radius 3 is 2.73 bits per heavy atom. The van der Waals surface area contributed by atoms with Crippen molar-refractivity contribution < 1.29 is 4.79 Å². The van der Waals surface area contributed by atoms with Gasteiger partial charge in [-0.15, -0.1) is 11.3 Å². The number of likely N-dealkylation sites (N-methyl/N-ethyl adjacent to an activating group) is 1. The molecule has 6 nitrogen and oxygen atoms in total. The molecule has 2 aromatic heterocycles. The Morgan fingerprint density at radius 2 is 2.00 bits per heavy atom. The van der Waals surface area contributed by atoms with Gasteiger partial charge in [-0.25, -0.2) is 9.97 Å². The van der Waals surface area contributed by atoms with Crippen LogP contribution in [0, 0.1) is 6.92 Å². The van der Waals surface area contributed by atoms with Gasteiger partial charge in [-0.3, -0.25) is 4.79 Å². The zero-order valence-corrected chi connectivity index (χ0v) is 16.3. The van der Waals surface area contributed by atoms with Gasteiger partial charge in [0.25, 0.3) is 0 Å². The molecule has 0 radical (unpaired) electrons. The minimum Gasteiger partial charge on any atom is -0.354 e. The quantitative estimate of drug-likeness (QED) is 0.822. The van der Waals surface area contributed by atoms with Crippen molar-refractivity contribution in [1.82, 2.24) is 19.8 Å². The van der Waals surface area contributed by atoms with Gasteiger partial charge in [-0.05, 0) is 25.4 Å². The maximum Gasteiger partial charge on any atom is 0.228 e. The highest BCUT2D eigenvalue weighted by atomic mass is 32.1. The maximum absolute atomic E-state index is 12.7. The van der Waals surface area contributed by atoms with Crippen LogP contribution in [-0.2, 0) is 24.2 Å². The third-order valence-corrected chi connectivity index (χ3v) is 6.09. The van der Waals surface area contributed by atoms with Crippen LogP contribution >= 0.6 is 11.3 Å². The van der Waals surface area contributed by atoms with Gasteiger partial charge in [-0.1, -0.05) is 6.07 Å². The van der Waals surface area contributed by atoms with E-state index < -0.39 is 0 Å². The lowest BCUT2D eigenvalue weighted by atomic mass is 10.0. The van der Waals surface area contributed by atoms with Gasteiger partial charge < -0.3 is 14.7 Å². The smallest absolute Gasteiger partial charge is 0.228 e. The molecular formula is C19H25N5OS. The summed E-state index contributed by atoms with van der Waals surface area (Å²) in [7, 11) is 2.16. The lowest BCUT2D eigenvalue weighted by Gasteiger charge is -2.37. The van der Waals surface area contributed by atoms with Crippen LogP contribution in [0.15, 0.2) is 17.5 Å². The van der Waals surface area contributed by atoms with Crippen LogP contribution in [-0.4, -0.2) is 65.4 Å². The standard InChI is InChI=1S/C19H25N5OS/c1-14-20-17-5-6-24(18(25)12-15-4-3-11-26-15)13-16(17)19(21-14)23-9-7-22(2)8-10-23/h3-4,11H,5-10,12-13H2,1-2H3. The van der Waals surface area contributed by atoms with E-state index in [4.69, 9.17) is 4.98 Å². The molecule has 1 amide bonds. The van der Waals surface area contributed by atoms with Gasteiger partial charge in [0.2, 0.25) is 5.91 Å². The van der Waals surface area contributed by atoms with Crippen molar-refractivity contribution in [3.8, 4) is 0 Å². The van der Waals surface area contributed by atoms with Gasteiger partial charge in [0.1, 0.15) is 11.6 Å². The first kappa shape index (κ1) is 17.4. The minimum absolute atomic E-state index is 0.197. The number of carbonyl (C=O) groups is 1. The fraction of sp³-hybridized carbons (Fsp3) is 0.526. The van der Waals surface area contributed by atoms with Gasteiger partial charge in [-0.2, -0.15) is 0 Å². The number of aryl methyl sites for hydroxylation is 1. The number of carbonyl (C=O) groups excluding carboxylic acids is 1.